The van der Waals surface area contributed by atoms with Crippen LogP contribution in [0.25, 0.3) is 0 Å². The van der Waals surface area contributed by atoms with Gasteiger partial charge in [-0.3, -0.25) is 0 Å². The van der Waals surface area contributed by atoms with Gasteiger partial charge in [-0.05, 0) is 26.2 Å². The van der Waals surface area contributed by atoms with Gasteiger partial charge in [0.25, 0.3) is 0 Å². The van der Waals surface area contributed by atoms with Gasteiger partial charge in [-0.15, -0.1) is 11.8 Å². The summed E-state index contributed by atoms with van der Waals surface area (Å²) >= 11 is 0. The maximum atomic E-state index is 9.90. The van der Waals surface area contributed by atoms with Gasteiger partial charge in [-0.2, -0.15) is 0 Å². The van der Waals surface area contributed by atoms with E-state index < -0.39 is 11.7 Å². The van der Waals surface area contributed by atoms with E-state index in [1.54, 1.807) is 6.92 Å². The van der Waals surface area contributed by atoms with Crippen LogP contribution >= 0.6 is 0 Å². The molecule has 1 atom stereocenters. The van der Waals surface area contributed by atoms with Crippen LogP contribution in [0.3, 0.4) is 0 Å². The smallest absolute Gasteiger partial charge is 0.0900 e. The molecule has 0 bridgehead atoms. The summed E-state index contributed by atoms with van der Waals surface area (Å²) in [7, 11) is 0. The van der Waals surface area contributed by atoms with Gasteiger partial charge in [0.2, 0.25) is 0 Å². The molecule has 0 saturated heterocycles. The van der Waals surface area contributed by atoms with Crippen molar-refractivity contribution in [2.75, 3.05) is 0 Å². The monoisotopic (exact) mass is 184 g/mol. The number of rotatable bonds is 5. The quantitative estimate of drug-likeness (QED) is 0.638. The summed E-state index contributed by atoms with van der Waals surface area (Å²) in [6.07, 6.45) is 1.73. The minimum absolute atomic E-state index is 0.555. The van der Waals surface area contributed by atoms with Crippen LogP contribution < -0.4 is 0 Å². The molecule has 0 aliphatic rings. The molecular formula is C11H20O2. The highest BCUT2D eigenvalue weighted by Crippen LogP contribution is 2.22. The number of hydrogen-bond acceptors (Lipinski definition) is 2. The van der Waals surface area contributed by atoms with Crippen molar-refractivity contribution in [3.63, 3.8) is 0 Å². The standard InChI is InChI=1S/C11H20O2/c1-4-7-8-9-10(12)11(13,5-2)6-3/h10,12-13H,5-6,8-9H2,1-3H3. The van der Waals surface area contributed by atoms with Crippen LogP contribution in [0.4, 0.5) is 0 Å². The zero-order valence-electron chi connectivity index (χ0n) is 8.80. The van der Waals surface area contributed by atoms with Gasteiger partial charge in [0.1, 0.15) is 0 Å². The second kappa shape index (κ2) is 6.01. The minimum atomic E-state index is -0.921. The van der Waals surface area contributed by atoms with Crippen LogP contribution in [0.5, 0.6) is 0 Å². The molecule has 0 aromatic heterocycles. The number of aliphatic hydroxyl groups excluding tert-OH is 1. The van der Waals surface area contributed by atoms with Crippen molar-refractivity contribution >= 4 is 0 Å². The van der Waals surface area contributed by atoms with E-state index in [1.165, 1.54) is 0 Å². The summed E-state index contributed by atoms with van der Waals surface area (Å²) < 4.78 is 0. The first-order chi connectivity index (χ1) is 6.10. The Hall–Kier alpha value is -0.520. The molecule has 2 heteroatoms. The number of hydrogen-bond donors (Lipinski definition) is 2. The predicted octanol–water partition coefficient (Wildman–Crippen LogP) is 1.70. The Morgan fingerprint density at radius 1 is 1.31 bits per heavy atom. The highest BCUT2D eigenvalue weighted by Gasteiger charge is 2.30. The second-order valence-corrected chi connectivity index (χ2v) is 3.29. The molecule has 0 radical (unpaired) electrons. The van der Waals surface area contributed by atoms with Crippen molar-refractivity contribution in [1.29, 1.82) is 0 Å². The van der Waals surface area contributed by atoms with Crippen LogP contribution in [0.15, 0.2) is 0 Å². The molecule has 0 aliphatic carbocycles. The van der Waals surface area contributed by atoms with Gasteiger partial charge in [0.05, 0.1) is 11.7 Å². The van der Waals surface area contributed by atoms with E-state index in [2.05, 4.69) is 11.8 Å². The lowest BCUT2D eigenvalue weighted by molar-refractivity contribution is -0.0820. The first-order valence-electron chi connectivity index (χ1n) is 4.90. The van der Waals surface area contributed by atoms with Gasteiger partial charge in [0, 0.05) is 6.42 Å². The van der Waals surface area contributed by atoms with E-state index in [0.29, 0.717) is 25.7 Å². The molecule has 2 nitrogen and oxygen atoms in total. The molecule has 0 amide bonds. The van der Waals surface area contributed by atoms with Gasteiger partial charge in [-0.1, -0.05) is 13.8 Å². The van der Waals surface area contributed by atoms with Crippen molar-refractivity contribution in [3.8, 4) is 11.8 Å². The Balaban J connectivity index is 4.03. The fraction of sp³-hybridized carbons (Fsp3) is 0.818. The molecule has 0 rings (SSSR count). The Morgan fingerprint density at radius 3 is 2.23 bits per heavy atom. The van der Waals surface area contributed by atoms with E-state index >= 15 is 0 Å². The molecule has 0 saturated carbocycles. The summed E-state index contributed by atoms with van der Waals surface area (Å²) in [5.41, 5.74) is -0.921. The van der Waals surface area contributed by atoms with Crippen LogP contribution in [-0.4, -0.2) is 21.9 Å². The Labute approximate surface area is 81.0 Å². The van der Waals surface area contributed by atoms with Gasteiger partial charge < -0.3 is 10.2 Å². The summed E-state index contributed by atoms with van der Waals surface area (Å²) in [4.78, 5) is 0. The zero-order chi connectivity index (χ0) is 10.3. The largest absolute Gasteiger partial charge is 0.390 e. The molecule has 0 heterocycles. The molecule has 0 spiro atoms. The average molecular weight is 184 g/mol. The average Bonchev–Trinajstić information content (AvgIpc) is 2.17. The van der Waals surface area contributed by atoms with Crippen molar-refractivity contribution in [2.24, 2.45) is 0 Å². The van der Waals surface area contributed by atoms with Crippen molar-refractivity contribution < 1.29 is 10.2 Å². The van der Waals surface area contributed by atoms with E-state index in [-0.39, 0.29) is 0 Å². The normalized spacial score (nSPS) is 13.3. The Bertz CT molecular complexity index is 184. The van der Waals surface area contributed by atoms with E-state index in [4.69, 9.17) is 0 Å². The lowest BCUT2D eigenvalue weighted by atomic mass is 9.88. The van der Waals surface area contributed by atoms with E-state index in [1.807, 2.05) is 13.8 Å². The third-order valence-electron chi connectivity index (χ3n) is 2.56. The second-order valence-electron chi connectivity index (χ2n) is 3.29. The highest BCUT2D eigenvalue weighted by atomic mass is 16.3. The highest BCUT2D eigenvalue weighted by molar-refractivity contribution is 4.96. The summed E-state index contributed by atoms with van der Waals surface area (Å²) in [5, 5.41) is 19.6. The maximum absolute atomic E-state index is 9.90. The molecular weight excluding hydrogens is 164 g/mol. The van der Waals surface area contributed by atoms with Gasteiger partial charge >= 0.3 is 0 Å². The first kappa shape index (κ1) is 12.5. The van der Waals surface area contributed by atoms with Gasteiger partial charge in [-0.25, -0.2) is 0 Å². The molecule has 0 fully saturated rings. The predicted molar refractivity (Wildman–Crippen MR) is 54.2 cm³/mol. The summed E-state index contributed by atoms with van der Waals surface area (Å²) in [5.74, 6) is 5.65. The fourth-order valence-corrected chi connectivity index (χ4v) is 1.32. The van der Waals surface area contributed by atoms with Crippen LogP contribution in [0.1, 0.15) is 46.5 Å². The maximum Gasteiger partial charge on any atom is 0.0900 e. The lowest BCUT2D eigenvalue weighted by Crippen LogP contribution is -2.40. The Morgan fingerprint density at radius 2 is 1.85 bits per heavy atom. The van der Waals surface area contributed by atoms with Gasteiger partial charge in [0.15, 0.2) is 0 Å². The third kappa shape index (κ3) is 3.80. The van der Waals surface area contributed by atoms with Crippen molar-refractivity contribution in [3.05, 3.63) is 0 Å². The summed E-state index contributed by atoms with van der Waals surface area (Å²) in [6.45, 7) is 5.55. The number of aliphatic hydroxyl groups is 2. The molecule has 1 unspecified atom stereocenters. The Kier molecular flexibility index (Phi) is 5.77. The third-order valence-corrected chi connectivity index (χ3v) is 2.56. The molecule has 2 N–H and O–H groups in total. The lowest BCUT2D eigenvalue weighted by Gasteiger charge is -2.30. The SMILES string of the molecule is CC#CCCC(O)C(O)(CC)CC. The molecule has 13 heavy (non-hydrogen) atoms. The topological polar surface area (TPSA) is 40.5 Å². The molecule has 76 valence electrons. The van der Waals surface area contributed by atoms with Crippen LogP contribution in [0, 0.1) is 11.8 Å². The van der Waals surface area contributed by atoms with Crippen LogP contribution in [-0.2, 0) is 0 Å². The summed E-state index contributed by atoms with van der Waals surface area (Å²) in [6, 6.07) is 0. The molecule has 0 aromatic rings. The van der Waals surface area contributed by atoms with E-state index in [0.717, 1.165) is 0 Å². The van der Waals surface area contributed by atoms with Crippen molar-refractivity contribution in [2.45, 2.75) is 58.2 Å². The van der Waals surface area contributed by atoms with Crippen LogP contribution in [0.2, 0.25) is 0 Å². The minimum Gasteiger partial charge on any atom is -0.390 e. The molecule has 0 aromatic carbocycles. The van der Waals surface area contributed by atoms with Crippen molar-refractivity contribution in [1.82, 2.24) is 0 Å². The zero-order valence-corrected chi connectivity index (χ0v) is 8.80. The van der Waals surface area contributed by atoms with E-state index in [9.17, 15) is 10.2 Å². The molecule has 0 aliphatic heterocycles. The first-order valence-corrected chi connectivity index (χ1v) is 4.90. The fourth-order valence-electron chi connectivity index (χ4n) is 1.32.